The van der Waals surface area contributed by atoms with E-state index < -0.39 is 0 Å². The lowest BCUT2D eigenvalue weighted by Gasteiger charge is -2.18. The van der Waals surface area contributed by atoms with E-state index in [0.29, 0.717) is 11.5 Å². The Kier molecular flexibility index (Phi) is 4.71. The van der Waals surface area contributed by atoms with Crippen LogP contribution in [0, 0.1) is 0 Å². The van der Waals surface area contributed by atoms with Crippen LogP contribution in [0.3, 0.4) is 0 Å². The van der Waals surface area contributed by atoms with Crippen molar-refractivity contribution >= 4 is 5.91 Å². The summed E-state index contributed by atoms with van der Waals surface area (Å²) in [7, 11) is 3.18. The molecule has 6 nitrogen and oxygen atoms in total. The fraction of sp³-hybridized carbons (Fsp3) is 0.267. The van der Waals surface area contributed by atoms with Gasteiger partial charge in [-0.05, 0) is 25.1 Å². The van der Waals surface area contributed by atoms with Crippen molar-refractivity contribution in [1.82, 2.24) is 15.3 Å². The van der Waals surface area contributed by atoms with Crippen molar-refractivity contribution in [1.29, 1.82) is 0 Å². The number of hydrogen-bond acceptors (Lipinski definition) is 5. The van der Waals surface area contributed by atoms with Gasteiger partial charge in [-0.2, -0.15) is 0 Å². The molecule has 1 heterocycles. The summed E-state index contributed by atoms with van der Waals surface area (Å²) in [5.41, 5.74) is 1.10. The first kappa shape index (κ1) is 14.8. The third-order valence-corrected chi connectivity index (χ3v) is 3.05. The molecule has 1 aromatic carbocycles. The fourth-order valence-corrected chi connectivity index (χ4v) is 1.94. The van der Waals surface area contributed by atoms with E-state index in [2.05, 4.69) is 15.3 Å². The van der Waals surface area contributed by atoms with Gasteiger partial charge in [0.05, 0.1) is 26.5 Å². The van der Waals surface area contributed by atoms with Crippen molar-refractivity contribution in [3.8, 4) is 11.5 Å². The topological polar surface area (TPSA) is 73.3 Å². The summed E-state index contributed by atoms with van der Waals surface area (Å²) >= 11 is 0. The standard InChI is InChI=1S/C15H17N3O3/c1-10(18-15(19)13-9-16-6-7-17-13)12-8-11(20-2)4-5-14(12)21-3/h4-10H,1-3H3,(H,18,19). The van der Waals surface area contributed by atoms with Crippen LogP contribution in [0.1, 0.15) is 29.0 Å². The van der Waals surface area contributed by atoms with Crippen molar-refractivity contribution in [2.45, 2.75) is 13.0 Å². The van der Waals surface area contributed by atoms with Crippen LogP contribution in [0.5, 0.6) is 11.5 Å². The van der Waals surface area contributed by atoms with Crippen LogP contribution in [-0.4, -0.2) is 30.1 Å². The van der Waals surface area contributed by atoms with Gasteiger partial charge in [-0.3, -0.25) is 9.78 Å². The van der Waals surface area contributed by atoms with Gasteiger partial charge in [-0.1, -0.05) is 0 Å². The molecule has 21 heavy (non-hydrogen) atoms. The zero-order valence-electron chi connectivity index (χ0n) is 12.2. The fourth-order valence-electron chi connectivity index (χ4n) is 1.94. The number of carbonyl (C=O) groups is 1. The normalized spacial score (nSPS) is 11.6. The van der Waals surface area contributed by atoms with E-state index in [1.807, 2.05) is 13.0 Å². The van der Waals surface area contributed by atoms with Gasteiger partial charge >= 0.3 is 0 Å². The first-order valence-electron chi connectivity index (χ1n) is 6.44. The van der Waals surface area contributed by atoms with E-state index in [0.717, 1.165) is 5.56 Å². The molecule has 1 aromatic heterocycles. The van der Waals surface area contributed by atoms with Crippen molar-refractivity contribution in [3.63, 3.8) is 0 Å². The molecule has 0 fully saturated rings. The molecule has 1 atom stereocenters. The van der Waals surface area contributed by atoms with Gasteiger partial charge in [-0.25, -0.2) is 4.98 Å². The van der Waals surface area contributed by atoms with E-state index in [-0.39, 0.29) is 17.6 Å². The molecule has 0 saturated carbocycles. The van der Waals surface area contributed by atoms with Crippen molar-refractivity contribution in [2.75, 3.05) is 14.2 Å². The van der Waals surface area contributed by atoms with Crippen molar-refractivity contribution in [3.05, 3.63) is 48.0 Å². The molecule has 0 radical (unpaired) electrons. The number of aromatic nitrogens is 2. The minimum Gasteiger partial charge on any atom is -0.497 e. The third kappa shape index (κ3) is 3.47. The number of hydrogen-bond donors (Lipinski definition) is 1. The number of nitrogens with one attached hydrogen (secondary N) is 1. The summed E-state index contributed by atoms with van der Waals surface area (Å²) < 4.78 is 10.5. The van der Waals surface area contributed by atoms with Gasteiger partial charge in [0, 0.05) is 18.0 Å². The van der Waals surface area contributed by atoms with Gasteiger partial charge in [0.1, 0.15) is 17.2 Å². The molecule has 1 N–H and O–H groups in total. The Balaban J connectivity index is 2.20. The predicted molar refractivity (Wildman–Crippen MR) is 77.5 cm³/mol. The second-order valence-corrected chi connectivity index (χ2v) is 4.39. The zero-order valence-corrected chi connectivity index (χ0v) is 12.2. The Morgan fingerprint density at radius 1 is 1.24 bits per heavy atom. The zero-order chi connectivity index (χ0) is 15.2. The number of carbonyl (C=O) groups excluding carboxylic acids is 1. The lowest BCUT2D eigenvalue weighted by molar-refractivity contribution is 0.0934. The summed E-state index contributed by atoms with van der Waals surface area (Å²) in [6, 6.07) is 5.18. The molecule has 0 saturated heterocycles. The number of ether oxygens (including phenoxy) is 2. The molecule has 0 aliphatic rings. The summed E-state index contributed by atoms with van der Waals surface area (Å²) in [6.07, 6.45) is 4.42. The van der Waals surface area contributed by atoms with Crippen LogP contribution < -0.4 is 14.8 Å². The van der Waals surface area contributed by atoms with Crippen LogP contribution in [0.4, 0.5) is 0 Å². The Morgan fingerprint density at radius 2 is 2.05 bits per heavy atom. The highest BCUT2D eigenvalue weighted by Crippen LogP contribution is 2.29. The molecule has 6 heteroatoms. The van der Waals surface area contributed by atoms with E-state index in [1.165, 1.54) is 18.6 Å². The molecule has 0 aliphatic heterocycles. The molecular formula is C15H17N3O3. The average molecular weight is 287 g/mol. The lowest BCUT2D eigenvalue weighted by atomic mass is 10.1. The highest BCUT2D eigenvalue weighted by Gasteiger charge is 2.16. The van der Waals surface area contributed by atoms with Crippen LogP contribution >= 0.6 is 0 Å². The molecule has 0 bridgehead atoms. The molecule has 2 rings (SSSR count). The van der Waals surface area contributed by atoms with Crippen molar-refractivity contribution in [2.24, 2.45) is 0 Å². The van der Waals surface area contributed by atoms with Gasteiger partial charge in [-0.15, -0.1) is 0 Å². The quantitative estimate of drug-likeness (QED) is 0.910. The van der Waals surface area contributed by atoms with E-state index in [1.54, 1.807) is 26.4 Å². The summed E-state index contributed by atoms with van der Waals surface area (Å²) in [6.45, 7) is 1.87. The van der Waals surface area contributed by atoms with Gasteiger partial charge in [0.2, 0.25) is 0 Å². The molecular weight excluding hydrogens is 270 g/mol. The summed E-state index contributed by atoms with van der Waals surface area (Å²) in [5.74, 6) is 1.09. The smallest absolute Gasteiger partial charge is 0.271 e. The Hall–Kier alpha value is -2.63. The van der Waals surface area contributed by atoms with Gasteiger partial charge < -0.3 is 14.8 Å². The van der Waals surface area contributed by atoms with Crippen LogP contribution in [0.25, 0.3) is 0 Å². The lowest BCUT2D eigenvalue weighted by Crippen LogP contribution is -2.27. The molecule has 2 aromatic rings. The first-order valence-corrected chi connectivity index (χ1v) is 6.44. The molecule has 0 aliphatic carbocycles. The Labute approximate surface area is 123 Å². The minimum atomic E-state index is -0.291. The highest BCUT2D eigenvalue weighted by molar-refractivity contribution is 5.92. The summed E-state index contributed by atoms with van der Waals surface area (Å²) in [4.78, 5) is 19.9. The van der Waals surface area contributed by atoms with Crippen molar-refractivity contribution < 1.29 is 14.3 Å². The number of benzene rings is 1. The first-order chi connectivity index (χ1) is 10.2. The van der Waals surface area contributed by atoms with Gasteiger partial charge in [0.25, 0.3) is 5.91 Å². The van der Waals surface area contributed by atoms with E-state index >= 15 is 0 Å². The Bertz CT molecular complexity index is 617. The second kappa shape index (κ2) is 6.69. The van der Waals surface area contributed by atoms with Crippen LogP contribution in [0.15, 0.2) is 36.8 Å². The molecule has 110 valence electrons. The molecule has 1 amide bonds. The summed E-state index contributed by atoms with van der Waals surface area (Å²) in [5, 5.41) is 2.86. The number of amides is 1. The molecule has 0 spiro atoms. The predicted octanol–water partition coefficient (Wildman–Crippen LogP) is 1.98. The van der Waals surface area contributed by atoms with E-state index in [4.69, 9.17) is 9.47 Å². The number of methoxy groups -OCH3 is 2. The second-order valence-electron chi connectivity index (χ2n) is 4.39. The maximum Gasteiger partial charge on any atom is 0.271 e. The SMILES string of the molecule is COc1ccc(OC)c(C(C)NC(=O)c2cnccn2)c1. The highest BCUT2D eigenvalue weighted by atomic mass is 16.5. The number of rotatable bonds is 5. The molecule has 1 unspecified atom stereocenters. The van der Waals surface area contributed by atoms with E-state index in [9.17, 15) is 4.79 Å². The minimum absolute atomic E-state index is 0.260. The monoisotopic (exact) mass is 287 g/mol. The Morgan fingerprint density at radius 3 is 2.67 bits per heavy atom. The maximum atomic E-state index is 12.1. The maximum absolute atomic E-state index is 12.1. The number of nitrogens with zero attached hydrogens (tertiary/aromatic N) is 2. The van der Waals surface area contributed by atoms with Crippen LogP contribution in [0.2, 0.25) is 0 Å². The third-order valence-electron chi connectivity index (χ3n) is 3.05. The van der Waals surface area contributed by atoms with Crippen LogP contribution in [-0.2, 0) is 0 Å². The van der Waals surface area contributed by atoms with Gasteiger partial charge in [0.15, 0.2) is 0 Å². The largest absolute Gasteiger partial charge is 0.497 e. The average Bonchev–Trinajstić information content (AvgIpc) is 2.54.